The van der Waals surface area contributed by atoms with Crippen molar-refractivity contribution >= 4 is 17.4 Å². The van der Waals surface area contributed by atoms with Crippen LogP contribution in [-0.2, 0) is 14.3 Å². The first-order valence-electron chi connectivity index (χ1n) is 9.94. The van der Waals surface area contributed by atoms with Crippen LogP contribution < -0.4 is 0 Å². The molecule has 2 aromatic carbocycles. The van der Waals surface area contributed by atoms with Crippen molar-refractivity contribution in [2.75, 3.05) is 13.2 Å². The van der Waals surface area contributed by atoms with Crippen molar-refractivity contribution < 1.29 is 23.8 Å². The van der Waals surface area contributed by atoms with E-state index in [1.54, 1.807) is 6.92 Å². The summed E-state index contributed by atoms with van der Waals surface area (Å²) in [7, 11) is 0. The van der Waals surface area contributed by atoms with Gasteiger partial charge in [-0.05, 0) is 62.6 Å². The number of ketones is 1. The summed E-state index contributed by atoms with van der Waals surface area (Å²) in [5, 5.41) is 11.0. The summed E-state index contributed by atoms with van der Waals surface area (Å²) in [5.41, 5.74) is 2.28. The number of Topliss-reactive ketones (excluding diaryl/α,β-unsaturated/α-hetero) is 1. The number of ether oxygens (including phenoxy) is 1. The number of halogens is 1. The van der Waals surface area contributed by atoms with Gasteiger partial charge in [0.1, 0.15) is 11.6 Å². The topological polar surface area (TPSA) is 66.8 Å². The van der Waals surface area contributed by atoms with Crippen LogP contribution in [-0.4, -0.2) is 41.0 Å². The van der Waals surface area contributed by atoms with Gasteiger partial charge in [0.25, 0.3) is 11.7 Å². The van der Waals surface area contributed by atoms with Gasteiger partial charge in [0, 0.05) is 12.1 Å². The van der Waals surface area contributed by atoms with Gasteiger partial charge in [-0.1, -0.05) is 24.3 Å². The predicted octanol–water partition coefficient (Wildman–Crippen LogP) is 4.29. The van der Waals surface area contributed by atoms with Crippen molar-refractivity contribution in [2.24, 2.45) is 0 Å². The Kier molecular flexibility index (Phi) is 6.37. The van der Waals surface area contributed by atoms with E-state index in [-0.39, 0.29) is 30.6 Å². The second-order valence-corrected chi connectivity index (χ2v) is 7.73. The molecule has 0 saturated carbocycles. The Labute approximate surface area is 175 Å². The lowest BCUT2D eigenvalue weighted by molar-refractivity contribution is -0.140. The zero-order chi connectivity index (χ0) is 22.0. The van der Waals surface area contributed by atoms with E-state index in [9.17, 15) is 19.1 Å². The van der Waals surface area contributed by atoms with Gasteiger partial charge in [0.2, 0.25) is 0 Å². The highest BCUT2D eigenvalue weighted by molar-refractivity contribution is 6.46. The van der Waals surface area contributed by atoms with E-state index in [1.807, 2.05) is 45.0 Å². The molecule has 0 radical (unpaired) electrons. The highest BCUT2D eigenvalue weighted by atomic mass is 19.1. The first-order chi connectivity index (χ1) is 14.2. The molecule has 1 heterocycles. The Bertz CT molecular complexity index is 1010. The maximum atomic E-state index is 13.7. The Hall–Kier alpha value is -2.99. The zero-order valence-electron chi connectivity index (χ0n) is 17.6. The molecule has 30 heavy (non-hydrogen) atoms. The number of hydrogen-bond acceptors (Lipinski definition) is 4. The number of amides is 1. The molecule has 2 aromatic rings. The minimum Gasteiger partial charge on any atom is -0.507 e. The van der Waals surface area contributed by atoms with Gasteiger partial charge in [0.15, 0.2) is 0 Å². The van der Waals surface area contributed by atoms with E-state index in [2.05, 4.69) is 0 Å². The molecule has 1 N–H and O–H groups in total. The van der Waals surface area contributed by atoms with E-state index in [0.29, 0.717) is 11.1 Å². The highest BCUT2D eigenvalue weighted by Crippen LogP contribution is 2.40. The summed E-state index contributed by atoms with van der Waals surface area (Å²) >= 11 is 0. The van der Waals surface area contributed by atoms with Crippen molar-refractivity contribution in [1.82, 2.24) is 4.90 Å². The minimum atomic E-state index is -0.757. The van der Waals surface area contributed by atoms with Gasteiger partial charge in [-0.2, -0.15) is 0 Å². The van der Waals surface area contributed by atoms with Crippen LogP contribution in [0.25, 0.3) is 5.76 Å². The monoisotopic (exact) mass is 411 g/mol. The fourth-order valence-corrected chi connectivity index (χ4v) is 3.66. The molecule has 5 nitrogen and oxygen atoms in total. The first-order valence-corrected chi connectivity index (χ1v) is 9.94. The number of rotatable bonds is 6. The zero-order valence-corrected chi connectivity index (χ0v) is 17.6. The molecule has 1 atom stereocenters. The van der Waals surface area contributed by atoms with Crippen LogP contribution in [0.5, 0.6) is 0 Å². The summed E-state index contributed by atoms with van der Waals surface area (Å²) in [5.74, 6) is -2.16. The highest BCUT2D eigenvalue weighted by Gasteiger charge is 2.46. The number of hydrogen-bond donors (Lipinski definition) is 1. The molecule has 1 aliphatic rings. The third-order valence-electron chi connectivity index (χ3n) is 5.24. The van der Waals surface area contributed by atoms with Crippen molar-refractivity contribution in [3.05, 3.63) is 76.1 Å². The van der Waals surface area contributed by atoms with Gasteiger partial charge in [0.05, 0.1) is 24.3 Å². The second kappa shape index (κ2) is 8.79. The summed E-state index contributed by atoms with van der Waals surface area (Å²) < 4.78 is 19.3. The fraction of sp³-hybridized carbons (Fsp3) is 0.333. The average Bonchev–Trinajstić information content (AvgIpc) is 2.94. The van der Waals surface area contributed by atoms with E-state index >= 15 is 0 Å². The van der Waals surface area contributed by atoms with Gasteiger partial charge < -0.3 is 14.7 Å². The third kappa shape index (κ3) is 4.14. The minimum absolute atomic E-state index is 0.00450. The molecule has 0 aromatic heterocycles. The summed E-state index contributed by atoms with van der Waals surface area (Å²) in [6.07, 6.45) is -0.0130. The van der Waals surface area contributed by atoms with Gasteiger partial charge in [-0.25, -0.2) is 4.39 Å². The first kappa shape index (κ1) is 21.7. The molecule has 1 saturated heterocycles. The quantitative estimate of drug-likeness (QED) is 0.438. The molecule has 0 aliphatic carbocycles. The Morgan fingerprint density at radius 1 is 1.13 bits per heavy atom. The number of aliphatic hydroxyl groups is 1. The normalized spacial score (nSPS) is 18.5. The molecule has 0 spiro atoms. The van der Waals surface area contributed by atoms with Gasteiger partial charge in [-0.15, -0.1) is 0 Å². The molecule has 6 heteroatoms. The summed E-state index contributed by atoms with van der Waals surface area (Å²) in [4.78, 5) is 27.2. The lowest BCUT2D eigenvalue weighted by atomic mass is 9.92. The van der Waals surface area contributed by atoms with Crippen LogP contribution in [0.2, 0.25) is 0 Å². The molecule has 1 aliphatic heterocycles. The van der Waals surface area contributed by atoms with Crippen molar-refractivity contribution in [3.8, 4) is 0 Å². The van der Waals surface area contributed by atoms with Gasteiger partial charge in [-0.3, -0.25) is 9.59 Å². The summed E-state index contributed by atoms with van der Waals surface area (Å²) in [6, 6.07) is 10.8. The third-order valence-corrected chi connectivity index (χ3v) is 5.24. The van der Waals surface area contributed by atoms with Crippen LogP contribution >= 0.6 is 0 Å². The van der Waals surface area contributed by atoms with Crippen molar-refractivity contribution in [2.45, 2.75) is 39.8 Å². The van der Waals surface area contributed by atoms with E-state index in [0.717, 1.165) is 11.1 Å². The van der Waals surface area contributed by atoms with Crippen LogP contribution in [0.1, 0.15) is 42.1 Å². The fourth-order valence-electron chi connectivity index (χ4n) is 3.66. The Morgan fingerprint density at radius 2 is 1.83 bits per heavy atom. The number of nitrogens with zero attached hydrogens (tertiary/aromatic N) is 1. The second-order valence-electron chi connectivity index (χ2n) is 7.73. The van der Waals surface area contributed by atoms with Crippen molar-refractivity contribution in [3.63, 3.8) is 0 Å². The predicted molar refractivity (Wildman–Crippen MR) is 112 cm³/mol. The van der Waals surface area contributed by atoms with E-state index in [1.165, 1.54) is 23.1 Å². The largest absolute Gasteiger partial charge is 0.507 e. The molecular formula is C24H26FNO4. The number of aryl methyl sites for hydroxylation is 2. The van der Waals surface area contributed by atoms with E-state index < -0.39 is 23.5 Å². The SMILES string of the molecule is Cc1cc(/C(O)=C2\C(=O)C(=O)N(CCOC(C)C)C2c2ccccc2C)ccc1F. The number of benzene rings is 2. The number of aliphatic hydroxyl groups excluding tert-OH is 1. The van der Waals surface area contributed by atoms with Crippen molar-refractivity contribution in [1.29, 1.82) is 0 Å². The average molecular weight is 411 g/mol. The molecule has 1 amide bonds. The van der Waals surface area contributed by atoms with Crippen LogP contribution in [0, 0.1) is 19.7 Å². The van der Waals surface area contributed by atoms with Crippen LogP contribution in [0.3, 0.4) is 0 Å². The molecule has 1 unspecified atom stereocenters. The maximum Gasteiger partial charge on any atom is 0.295 e. The van der Waals surface area contributed by atoms with Crippen LogP contribution in [0.4, 0.5) is 4.39 Å². The number of likely N-dealkylation sites (tertiary alicyclic amines) is 1. The lowest BCUT2D eigenvalue weighted by Gasteiger charge is -2.26. The molecular weight excluding hydrogens is 385 g/mol. The molecule has 158 valence electrons. The molecule has 3 rings (SSSR count). The Morgan fingerprint density at radius 3 is 2.47 bits per heavy atom. The maximum absolute atomic E-state index is 13.7. The summed E-state index contributed by atoms with van der Waals surface area (Å²) in [6.45, 7) is 7.73. The number of carbonyl (C=O) groups is 2. The number of carbonyl (C=O) groups excluding carboxylic acids is 2. The molecule has 1 fully saturated rings. The standard InChI is InChI=1S/C24H26FNO4/c1-14(2)30-12-11-26-21(18-8-6-5-7-15(18)3)20(23(28)24(26)29)22(27)17-9-10-19(25)16(4)13-17/h5-10,13-14,21,27H,11-12H2,1-4H3/b22-20+. The molecule has 0 bridgehead atoms. The lowest BCUT2D eigenvalue weighted by Crippen LogP contribution is -2.33. The van der Waals surface area contributed by atoms with E-state index in [4.69, 9.17) is 4.74 Å². The van der Waals surface area contributed by atoms with Crippen LogP contribution in [0.15, 0.2) is 48.0 Å². The Balaban J connectivity index is 2.13. The smallest absolute Gasteiger partial charge is 0.295 e. The van der Waals surface area contributed by atoms with Gasteiger partial charge >= 0.3 is 0 Å².